The molecule has 1 rings (SSSR count). The predicted molar refractivity (Wildman–Crippen MR) is 35.6 cm³/mol. The topological polar surface area (TPSA) is 35.5 Å². The first-order valence-corrected chi connectivity index (χ1v) is 3.51. The lowest BCUT2D eigenvalue weighted by Crippen LogP contribution is -2.13. The van der Waals surface area contributed by atoms with E-state index in [1.54, 1.807) is 0 Å². The lowest BCUT2D eigenvalue weighted by molar-refractivity contribution is -0.143. The van der Waals surface area contributed by atoms with Gasteiger partial charge < -0.3 is 9.47 Å². The van der Waals surface area contributed by atoms with Crippen molar-refractivity contribution in [2.24, 2.45) is 0 Å². The summed E-state index contributed by atoms with van der Waals surface area (Å²) >= 11 is 0. The van der Waals surface area contributed by atoms with Gasteiger partial charge in [-0.05, 0) is 12.8 Å². The van der Waals surface area contributed by atoms with E-state index < -0.39 is 0 Å². The fraction of sp³-hybridized carbons (Fsp3) is 0.857. The molecule has 1 atom stereocenters. The second kappa shape index (κ2) is 3.56. The Kier molecular flexibility index (Phi) is 2.68. The summed E-state index contributed by atoms with van der Waals surface area (Å²) in [5, 5.41) is 0. The Morgan fingerprint density at radius 1 is 1.80 bits per heavy atom. The summed E-state index contributed by atoms with van der Waals surface area (Å²) in [5.74, 6) is -0.174. The molecular formula is C7H12O3. The monoisotopic (exact) mass is 144 g/mol. The van der Waals surface area contributed by atoms with Gasteiger partial charge in [0.25, 0.3) is 0 Å². The fourth-order valence-electron chi connectivity index (χ4n) is 1.07. The Bertz CT molecular complexity index is 116. The number of hydrogen-bond donors (Lipinski definition) is 0. The van der Waals surface area contributed by atoms with Crippen LogP contribution in [0.1, 0.15) is 19.3 Å². The predicted octanol–water partition coefficient (Wildman–Crippen LogP) is 0.728. The lowest BCUT2D eigenvalue weighted by Gasteiger charge is -2.05. The van der Waals surface area contributed by atoms with Crippen molar-refractivity contribution in [3.05, 3.63) is 0 Å². The molecule has 3 heteroatoms. The molecule has 1 aliphatic rings. The minimum Gasteiger partial charge on any atom is -0.469 e. The van der Waals surface area contributed by atoms with Gasteiger partial charge in [0.15, 0.2) is 0 Å². The normalized spacial score (nSPS) is 24.7. The van der Waals surface area contributed by atoms with Crippen LogP contribution in [-0.4, -0.2) is 25.8 Å². The molecule has 0 aromatic heterocycles. The van der Waals surface area contributed by atoms with Gasteiger partial charge in [-0.25, -0.2) is 0 Å². The Hall–Kier alpha value is -0.570. The summed E-state index contributed by atoms with van der Waals surface area (Å²) in [6, 6.07) is 0. The largest absolute Gasteiger partial charge is 0.469 e. The highest BCUT2D eigenvalue weighted by Crippen LogP contribution is 2.15. The smallest absolute Gasteiger partial charge is 0.308 e. The maximum atomic E-state index is 10.7. The van der Waals surface area contributed by atoms with E-state index in [0.29, 0.717) is 6.42 Å². The van der Waals surface area contributed by atoms with Gasteiger partial charge in [0.2, 0.25) is 0 Å². The Labute approximate surface area is 60.3 Å². The van der Waals surface area contributed by atoms with Gasteiger partial charge in [-0.15, -0.1) is 0 Å². The number of ether oxygens (including phenoxy) is 2. The van der Waals surface area contributed by atoms with E-state index in [9.17, 15) is 4.79 Å². The van der Waals surface area contributed by atoms with Crippen LogP contribution in [0.25, 0.3) is 0 Å². The zero-order valence-electron chi connectivity index (χ0n) is 6.13. The fourth-order valence-corrected chi connectivity index (χ4v) is 1.07. The molecule has 0 aromatic rings. The molecule has 1 heterocycles. The van der Waals surface area contributed by atoms with Gasteiger partial charge in [0, 0.05) is 6.61 Å². The van der Waals surface area contributed by atoms with E-state index >= 15 is 0 Å². The molecule has 0 radical (unpaired) electrons. The SMILES string of the molecule is COC(=O)C[C@@H]1CCCO1. The minimum absolute atomic E-state index is 0.118. The van der Waals surface area contributed by atoms with Crippen molar-refractivity contribution < 1.29 is 14.3 Å². The van der Waals surface area contributed by atoms with Gasteiger partial charge in [-0.3, -0.25) is 4.79 Å². The standard InChI is InChI=1S/C7H12O3/c1-9-7(8)5-6-3-2-4-10-6/h6H,2-5H2,1H3/t6-/m0/s1. The third-order valence-electron chi connectivity index (χ3n) is 1.65. The maximum absolute atomic E-state index is 10.7. The number of carbonyl (C=O) groups excluding carboxylic acids is 1. The molecular weight excluding hydrogens is 132 g/mol. The van der Waals surface area contributed by atoms with Crippen LogP contribution in [-0.2, 0) is 14.3 Å². The van der Waals surface area contributed by atoms with Crippen molar-refractivity contribution in [2.45, 2.75) is 25.4 Å². The van der Waals surface area contributed by atoms with Crippen LogP contribution >= 0.6 is 0 Å². The zero-order chi connectivity index (χ0) is 7.40. The van der Waals surface area contributed by atoms with Crippen LogP contribution < -0.4 is 0 Å². The quantitative estimate of drug-likeness (QED) is 0.536. The van der Waals surface area contributed by atoms with Crippen molar-refractivity contribution in [1.82, 2.24) is 0 Å². The second-order valence-electron chi connectivity index (χ2n) is 2.42. The number of rotatable bonds is 2. The van der Waals surface area contributed by atoms with Gasteiger partial charge in [0.05, 0.1) is 19.6 Å². The minimum atomic E-state index is -0.174. The van der Waals surface area contributed by atoms with Crippen molar-refractivity contribution in [1.29, 1.82) is 0 Å². The van der Waals surface area contributed by atoms with Crippen molar-refractivity contribution in [3.63, 3.8) is 0 Å². The molecule has 3 nitrogen and oxygen atoms in total. The summed E-state index contributed by atoms with van der Waals surface area (Å²) in [6.07, 6.45) is 2.60. The van der Waals surface area contributed by atoms with E-state index in [2.05, 4.69) is 4.74 Å². The van der Waals surface area contributed by atoms with Crippen molar-refractivity contribution in [3.8, 4) is 0 Å². The first-order chi connectivity index (χ1) is 4.83. The third kappa shape index (κ3) is 1.99. The number of methoxy groups -OCH3 is 1. The molecule has 1 aliphatic heterocycles. The molecule has 0 unspecified atom stereocenters. The molecule has 1 saturated heterocycles. The summed E-state index contributed by atoms with van der Waals surface area (Å²) in [7, 11) is 1.40. The van der Waals surface area contributed by atoms with Crippen LogP contribution in [0.2, 0.25) is 0 Å². The first kappa shape index (κ1) is 7.54. The molecule has 58 valence electrons. The third-order valence-corrected chi connectivity index (χ3v) is 1.65. The highest BCUT2D eigenvalue weighted by molar-refractivity contribution is 5.69. The second-order valence-corrected chi connectivity index (χ2v) is 2.42. The number of esters is 1. The summed E-state index contributed by atoms with van der Waals surface area (Å²) in [4.78, 5) is 10.7. The average molecular weight is 144 g/mol. The van der Waals surface area contributed by atoms with Crippen LogP contribution in [0.15, 0.2) is 0 Å². The van der Waals surface area contributed by atoms with Gasteiger partial charge >= 0.3 is 5.97 Å². The van der Waals surface area contributed by atoms with Crippen LogP contribution in [0.5, 0.6) is 0 Å². The zero-order valence-corrected chi connectivity index (χ0v) is 6.13. The molecule has 1 fully saturated rings. The Morgan fingerprint density at radius 2 is 2.60 bits per heavy atom. The van der Waals surface area contributed by atoms with Crippen LogP contribution in [0.3, 0.4) is 0 Å². The molecule has 10 heavy (non-hydrogen) atoms. The molecule has 0 bridgehead atoms. The van der Waals surface area contributed by atoms with Gasteiger partial charge in [0.1, 0.15) is 0 Å². The van der Waals surface area contributed by atoms with Gasteiger partial charge in [-0.2, -0.15) is 0 Å². The molecule has 0 aliphatic carbocycles. The lowest BCUT2D eigenvalue weighted by atomic mass is 10.2. The highest BCUT2D eigenvalue weighted by atomic mass is 16.5. The van der Waals surface area contributed by atoms with E-state index in [0.717, 1.165) is 19.4 Å². The van der Waals surface area contributed by atoms with Crippen LogP contribution in [0.4, 0.5) is 0 Å². The number of hydrogen-bond acceptors (Lipinski definition) is 3. The van der Waals surface area contributed by atoms with Gasteiger partial charge in [-0.1, -0.05) is 0 Å². The van der Waals surface area contributed by atoms with Crippen LogP contribution in [0, 0.1) is 0 Å². The molecule has 0 aromatic carbocycles. The van der Waals surface area contributed by atoms with E-state index in [1.165, 1.54) is 7.11 Å². The Balaban J connectivity index is 2.17. The van der Waals surface area contributed by atoms with Crippen molar-refractivity contribution >= 4 is 5.97 Å². The first-order valence-electron chi connectivity index (χ1n) is 3.51. The summed E-state index contributed by atoms with van der Waals surface area (Å²) < 4.78 is 9.72. The molecule has 0 saturated carbocycles. The number of carbonyl (C=O) groups is 1. The van der Waals surface area contributed by atoms with E-state index in [1.807, 2.05) is 0 Å². The Morgan fingerprint density at radius 3 is 3.10 bits per heavy atom. The van der Waals surface area contributed by atoms with E-state index in [4.69, 9.17) is 4.74 Å². The van der Waals surface area contributed by atoms with E-state index in [-0.39, 0.29) is 12.1 Å². The molecule has 0 amide bonds. The molecule has 0 N–H and O–H groups in total. The highest BCUT2D eigenvalue weighted by Gasteiger charge is 2.18. The molecule has 0 spiro atoms. The average Bonchev–Trinajstić information content (AvgIpc) is 2.40. The summed E-state index contributed by atoms with van der Waals surface area (Å²) in [6.45, 7) is 0.793. The maximum Gasteiger partial charge on any atom is 0.308 e. The summed E-state index contributed by atoms with van der Waals surface area (Å²) in [5.41, 5.74) is 0. The van der Waals surface area contributed by atoms with Crippen molar-refractivity contribution in [2.75, 3.05) is 13.7 Å².